The maximum atomic E-state index is 14.0. The number of aromatic nitrogens is 4. The summed E-state index contributed by atoms with van der Waals surface area (Å²) in [6.45, 7) is 1.51. The third-order valence-corrected chi connectivity index (χ3v) is 4.77. The lowest BCUT2D eigenvalue weighted by atomic mass is 10.1. The summed E-state index contributed by atoms with van der Waals surface area (Å²) < 4.78 is 69.8. The van der Waals surface area contributed by atoms with Crippen molar-refractivity contribution in [3.8, 4) is 5.82 Å². The first-order valence-corrected chi connectivity index (χ1v) is 11.4. The molecule has 3 rings (SSSR count). The molecule has 1 N–H and O–H groups in total. The number of hydrogen-bond acceptors (Lipinski definition) is 6. The van der Waals surface area contributed by atoms with Gasteiger partial charge in [0.05, 0.1) is 29.1 Å². The monoisotopic (exact) mass is 470 g/mol. The Morgan fingerprint density at radius 1 is 1.19 bits per heavy atom. The van der Waals surface area contributed by atoms with Crippen LogP contribution >= 0.6 is 0 Å². The minimum Gasteiger partial charge on any atom is -0.342 e. The molecule has 3 aromatic rings. The quantitative estimate of drug-likeness (QED) is 0.574. The van der Waals surface area contributed by atoms with Crippen molar-refractivity contribution in [3.63, 3.8) is 0 Å². The van der Waals surface area contributed by atoms with E-state index in [0.29, 0.717) is 29.7 Å². The lowest BCUT2D eigenvalue weighted by Crippen LogP contribution is -2.29. The van der Waals surface area contributed by atoms with Crippen LogP contribution in [0.15, 0.2) is 47.2 Å². The molecule has 0 aliphatic heterocycles. The van der Waals surface area contributed by atoms with Crippen molar-refractivity contribution in [1.82, 2.24) is 25.1 Å². The van der Waals surface area contributed by atoms with Gasteiger partial charge in [0.15, 0.2) is 11.6 Å². The molecule has 0 saturated heterocycles. The highest BCUT2D eigenvalue weighted by Gasteiger charge is 2.32. The molecule has 13 heteroatoms. The highest BCUT2D eigenvalue weighted by atomic mass is 32.2. The van der Waals surface area contributed by atoms with Crippen LogP contribution in [0, 0.1) is 5.82 Å². The van der Waals surface area contributed by atoms with E-state index in [-0.39, 0.29) is 5.82 Å². The van der Waals surface area contributed by atoms with Gasteiger partial charge in [-0.3, -0.25) is 4.79 Å². The molecule has 0 spiro atoms. The van der Waals surface area contributed by atoms with E-state index in [1.54, 1.807) is 12.1 Å². The third-order valence-electron chi connectivity index (χ3n) is 4.12. The van der Waals surface area contributed by atoms with Crippen LogP contribution in [0.1, 0.15) is 34.7 Å². The highest BCUT2D eigenvalue weighted by Crippen LogP contribution is 2.30. The summed E-state index contributed by atoms with van der Waals surface area (Å²) in [6, 6.07) is 3.86. The Hall–Kier alpha value is -3.35. The Balaban J connectivity index is 1.84. The fourth-order valence-corrected chi connectivity index (χ4v) is 3.36. The van der Waals surface area contributed by atoms with Gasteiger partial charge in [-0.05, 0) is 37.3 Å². The van der Waals surface area contributed by atoms with E-state index in [9.17, 15) is 26.6 Å². The topological polar surface area (TPSA) is 102 Å². The van der Waals surface area contributed by atoms with Crippen LogP contribution in [0.4, 0.5) is 23.2 Å². The van der Waals surface area contributed by atoms with Gasteiger partial charge in [-0.2, -0.15) is 27.3 Å². The molecule has 2 aromatic heterocycles. The van der Waals surface area contributed by atoms with Crippen molar-refractivity contribution in [3.05, 3.63) is 65.6 Å². The Morgan fingerprint density at radius 2 is 1.91 bits per heavy atom. The second kappa shape index (κ2) is 8.65. The number of pyridine rings is 1. The summed E-state index contributed by atoms with van der Waals surface area (Å²) in [5, 5.41) is 6.45. The molecular weight excluding hydrogens is 452 g/mol. The van der Waals surface area contributed by atoms with E-state index in [4.69, 9.17) is 0 Å². The van der Waals surface area contributed by atoms with E-state index in [0.717, 1.165) is 0 Å². The number of carbonyl (C=O) groups excluding carboxylic acids is 1. The third kappa shape index (κ3) is 5.46. The normalized spacial score (nSPS) is 13.0. The van der Waals surface area contributed by atoms with Crippen LogP contribution in [0.3, 0.4) is 0 Å². The number of benzene rings is 1. The lowest BCUT2D eigenvalue weighted by molar-refractivity contribution is -0.137. The first-order valence-electron chi connectivity index (χ1n) is 9.06. The highest BCUT2D eigenvalue weighted by molar-refractivity contribution is 7.92. The van der Waals surface area contributed by atoms with Crippen molar-refractivity contribution in [2.75, 3.05) is 12.5 Å². The van der Waals surface area contributed by atoms with Gasteiger partial charge in [0.2, 0.25) is 0 Å². The zero-order valence-corrected chi connectivity index (χ0v) is 17.9. The maximum Gasteiger partial charge on any atom is 0.416 e. The van der Waals surface area contributed by atoms with Gasteiger partial charge >= 0.3 is 6.18 Å². The predicted molar refractivity (Wildman–Crippen MR) is 109 cm³/mol. The molecule has 2 heterocycles. The maximum absolute atomic E-state index is 14.0. The van der Waals surface area contributed by atoms with Crippen LogP contribution in [0.5, 0.6) is 0 Å². The average molecular weight is 470 g/mol. The standard InChI is InChI=1S/C19H18F4N6O2S/c1-11(27-18(30)14-8-12(19(21,22)23)4-6-15(14)20)17-25-10-26-29(17)16-7-5-13(9-24-16)28-32(2,3)31/h4-11H,1-3H3,(H,27,30)/t11-/m0/s1. The molecule has 0 saturated carbocycles. The van der Waals surface area contributed by atoms with Crippen molar-refractivity contribution in [1.29, 1.82) is 0 Å². The SMILES string of the molecule is C[C@H](NC(=O)c1cc(C(F)(F)F)ccc1F)c1ncnn1-c1ccc(N=S(C)(C)=O)cn1. The first-order chi connectivity index (χ1) is 14.8. The number of alkyl halides is 3. The van der Waals surface area contributed by atoms with E-state index < -0.39 is 44.8 Å². The number of hydrogen-bond donors (Lipinski definition) is 1. The summed E-state index contributed by atoms with van der Waals surface area (Å²) in [4.78, 5) is 20.7. The molecule has 1 amide bonds. The van der Waals surface area contributed by atoms with Crippen LogP contribution in [-0.2, 0) is 15.9 Å². The predicted octanol–water partition coefficient (Wildman–Crippen LogP) is 3.67. The molecule has 0 aliphatic carbocycles. The van der Waals surface area contributed by atoms with E-state index in [2.05, 4.69) is 24.7 Å². The number of nitrogens with one attached hydrogen (secondary N) is 1. The smallest absolute Gasteiger partial charge is 0.342 e. The van der Waals surface area contributed by atoms with Crippen LogP contribution in [-0.4, -0.2) is 42.4 Å². The summed E-state index contributed by atoms with van der Waals surface area (Å²) in [5.41, 5.74) is -1.49. The number of nitrogens with zero attached hydrogens (tertiary/aromatic N) is 5. The average Bonchev–Trinajstić information content (AvgIpc) is 3.16. The van der Waals surface area contributed by atoms with Crippen molar-refractivity contribution in [2.24, 2.45) is 4.36 Å². The van der Waals surface area contributed by atoms with Gasteiger partial charge in [0, 0.05) is 22.2 Å². The first kappa shape index (κ1) is 23.3. The summed E-state index contributed by atoms with van der Waals surface area (Å²) >= 11 is 0. The number of halogens is 4. The fourth-order valence-electron chi connectivity index (χ4n) is 2.75. The van der Waals surface area contributed by atoms with E-state index in [1.807, 2.05) is 0 Å². The molecule has 1 atom stereocenters. The summed E-state index contributed by atoms with van der Waals surface area (Å²) in [5.74, 6) is -1.62. The van der Waals surface area contributed by atoms with Gasteiger partial charge < -0.3 is 5.32 Å². The fraction of sp³-hybridized carbons (Fsp3) is 0.263. The van der Waals surface area contributed by atoms with Gasteiger partial charge in [-0.1, -0.05) is 0 Å². The molecule has 0 fully saturated rings. The van der Waals surface area contributed by atoms with Gasteiger partial charge in [0.1, 0.15) is 12.1 Å². The van der Waals surface area contributed by atoms with Crippen molar-refractivity contribution < 1.29 is 26.6 Å². The van der Waals surface area contributed by atoms with Gasteiger partial charge in [0.25, 0.3) is 5.91 Å². The Kier molecular flexibility index (Phi) is 6.30. The molecule has 0 aliphatic rings. The van der Waals surface area contributed by atoms with Crippen molar-refractivity contribution in [2.45, 2.75) is 19.1 Å². The zero-order chi connectivity index (χ0) is 23.7. The zero-order valence-electron chi connectivity index (χ0n) is 17.1. The summed E-state index contributed by atoms with van der Waals surface area (Å²) in [6.07, 6.45) is 0.825. The second-order valence-corrected chi connectivity index (χ2v) is 9.61. The molecule has 0 unspecified atom stereocenters. The largest absolute Gasteiger partial charge is 0.416 e. The van der Waals surface area contributed by atoms with Gasteiger partial charge in [-0.15, -0.1) is 0 Å². The molecule has 0 radical (unpaired) electrons. The van der Waals surface area contributed by atoms with Crippen LogP contribution in [0.2, 0.25) is 0 Å². The lowest BCUT2D eigenvalue weighted by Gasteiger charge is -2.15. The van der Waals surface area contributed by atoms with Crippen molar-refractivity contribution >= 4 is 21.3 Å². The minimum atomic E-state index is -4.72. The van der Waals surface area contributed by atoms with Gasteiger partial charge in [-0.25, -0.2) is 18.6 Å². The molecule has 32 heavy (non-hydrogen) atoms. The second-order valence-electron chi connectivity index (χ2n) is 7.06. The Bertz CT molecular complexity index is 1260. The minimum absolute atomic E-state index is 0.206. The number of carbonyl (C=O) groups is 1. The Labute approximate surface area is 180 Å². The molecule has 8 nitrogen and oxygen atoms in total. The Morgan fingerprint density at radius 3 is 2.50 bits per heavy atom. The summed E-state index contributed by atoms with van der Waals surface area (Å²) in [7, 11) is -2.37. The molecule has 170 valence electrons. The van der Waals surface area contributed by atoms with Crippen LogP contribution in [0.25, 0.3) is 5.82 Å². The molecule has 1 aromatic carbocycles. The number of rotatable bonds is 5. The van der Waals surface area contributed by atoms with E-state index >= 15 is 0 Å². The molecular formula is C19H18F4N6O2S. The van der Waals surface area contributed by atoms with Crippen LogP contribution < -0.4 is 5.32 Å². The number of amides is 1. The molecule has 0 bridgehead atoms. The van der Waals surface area contributed by atoms with E-state index in [1.165, 1.54) is 36.6 Å².